The van der Waals surface area contributed by atoms with Gasteiger partial charge in [0.15, 0.2) is 5.75 Å². The Hall–Kier alpha value is -2.18. The summed E-state index contributed by atoms with van der Waals surface area (Å²) in [5.41, 5.74) is -0.822. The average Bonchev–Trinajstić information content (AvgIpc) is 2.27. The number of nitro benzene ring substituents is 1. The van der Waals surface area contributed by atoms with Crippen molar-refractivity contribution in [1.82, 2.24) is 5.32 Å². The maximum atomic E-state index is 13.3. The largest absolute Gasteiger partial charge is 0.490 e. The molecule has 1 aromatic rings. The van der Waals surface area contributed by atoms with Crippen molar-refractivity contribution in [3.63, 3.8) is 0 Å². The molecule has 0 aliphatic carbocycles. The van der Waals surface area contributed by atoms with Gasteiger partial charge in [0.1, 0.15) is 5.82 Å². The van der Waals surface area contributed by atoms with Crippen molar-refractivity contribution in [2.24, 2.45) is 0 Å². The molecule has 1 amide bonds. The van der Waals surface area contributed by atoms with Gasteiger partial charge in [-0.25, -0.2) is 4.39 Å². The molecule has 0 atom stereocenters. The van der Waals surface area contributed by atoms with Crippen molar-refractivity contribution >= 4 is 11.6 Å². The van der Waals surface area contributed by atoms with E-state index in [1.54, 1.807) is 0 Å². The van der Waals surface area contributed by atoms with E-state index < -0.39 is 22.3 Å². The van der Waals surface area contributed by atoms with Gasteiger partial charge in [-0.1, -0.05) is 0 Å². The van der Waals surface area contributed by atoms with Crippen LogP contribution in [0.1, 0.15) is 10.4 Å². The van der Waals surface area contributed by atoms with Crippen LogP contribution in [-0.2, 0) is 0 Å². The Labute approximate surface area is 90.2 Å². The van der Waals surface area contributed by atoms with Gasteiger partial charge in [0, 0.05) is 13.1 Å². The lowest BCUT2D eigenvalue weighted by atomic mass is 10.1. The summed E-state index contributed by atoms with van der Waals surface area (Å²) in [7, 11) is 2.53. The molecule has 0 saturated carbocycles. The number of ether oxygens (including phenoxy) is 1. The number of rotatable bonds is 3. The van der Waals surface area contributed by atoms with E-state index in [0.29, 0.717) is 6.07 Å². The minimum atomic E-state index is -0.966. The monoisotopic (exact) mass is 228 g/mol. The zero-order valence-corrected chi connectivity index (χ0v) is 8.61. The summed E-state index contributed by atoms with van der Waals surface area (Å²) in [5, 5.41) is 12.8. The second-order valence-electron chi connectivity index (χ2n) is 2.84. The quantitative estimate of drug-likeness (QED) is 0.620. The standard InChI is InChI=1S/C9H9FN2O4/c1-11-9(13)5-3-8(16-2)7(12(14)15)4-6(5)10/h3-4H,1-2H3,(H,11,13). The molecule has 0 spiro atoms. The topological polar surface area (TPSA) is 81.5 Å². The van der Waals surface area contributed by atoms with E-state index in [4.69, 9.17) is 4.74 Å². The van der Waals surface area contributed by atoms with Crippen LogP contribution in [0.3, 0.4) is 0 Å². The number of benzene rings is 1. The highest BCUT2D eigenvalue weighted by Gasteiger charge is 2.21. The zero-order valence-electron chi connectivity index (χ0n) is 8.61. The van der Waals surface area contributed by atoms with Crippen LogP contribution < -0.4 is 10.1 Å². The van der Waals surface area contributed by atoms with Gasteiger partial charge in [0.25, 0.3) is 5.91 Å². The van der Waals surface area contributed by atoms with E-state index in [1.807, 2.05) is 0 Å². The van der Waals surface area contributed by atoms with Crippen LogP contribution >= 0.6 is 0 Å². The molecule has 0 aliphatic heterocycles. The maximum absolute atomic E-state index is 13.3. The van der Waals surface area contributed by atoms with Crippen LogP contribution in [0.4, 0.5) is 10.1 Å². The molecular formula is C9H9FN2O4. The van der Waals surface area contributed by atoms with Crippen molar-refractivity contribution in [3.05, 3.63) is 33.6 Å². The highest BCUT2D eigenvalue weighted by atomic mass is 19.1. The first-order valence-corrected chi connectivity index (χ1v) is 4.25. The predicted molar refractivity (Wildman–Crippen MR) is 53.0 cm³/mol. The van der Waals surface area contributed by atoms with E-state index in [0.717, 1.165) is 6.07 Å². The van der Waals surface area contributed by atoms with Gasteiger partial charge in [-0.2, -0.15) is 0 Å². The van der Waals surface area contributed by atoms with Gasteiger partial charge in [-0.3, -0.25) is 14.9 Å². The fourth-order valence-corrected chi connectivity index (χ4v) is 1.16. The van der Waals surface area contributed by atoms with Crippen molar-refractivity contribution in [1.29, 1.82) is 0 Å². The first kappa shape index (κ1) is 11.9. The minimum absolute atomic E-state index is 0.162. The molecule has 0 heterocycles. The number of hydrogen-bond donors (Lipinski definition) is 1. The van der Waals surface area contributed by atoms with Crippen molar-refractivity contribution in [2.45, 2.75) is 0 Å². The summed E-state index contributed by atoms with van der Waals surface area (Å²) in [5.74, 6) is -1.80. The number of nitrogens with one attached hydrogen (secondary N) is 1. The SMILES string of the molecule is CNC(=O)c1cc(OC)c([N+](=O)[O-])cc1F. The van der Waals surface area contributed by atoms with Crippen LogP contribution in [0.15, 0.2) is 12.1 Å². The van der Waals surface area contributed by atoms with Crippen LogP contribution in [0.5, 0.6) is 5.75 Å². The van der Waals surface area contributed by atoms with Crippen molar-refractivity contribution in [2.75, 3.05) is 14.2 Å². The molecule has 7 heteroatoms. The highest BCUT2D eigenvalue weighted by Crippen LogP contribution is 2.29. The van der Waals surface area contributed by atoms with Crippen LogP contribution in [0.25, 0.3) is 0 Å². The van der Waals surface area contributed by atoms with Gasteiger partial charge in [-0.15, -0.1) is 0 Å². The molecule has 0 bridgehead atoms. The second-order valence-corrected chi connectivity index (χ2v) is 2.84. The molecular weight excluding hydrogens is 219 g/mol. The Kier molecular flexibility index (Phi) is 3.39. The first-order chi connectivity index (χ1) is 7.51. The summed E-state index contributed by atoms with van der Waals surface area (Å²) in [6.45, 7) is 0. The lowest BCUT2D eigenvalue weighted by Crippen LogP contribution is -2.19. The molecule has 0 aliphatic rings. The van der Waals surface area contributed by atoms with E-state index in [2.05, 4.69) is 5.32 Å². The van der Waals surface area contributed by atoms with Crippen LogP contribution in [0.2, 0.25) is 0 Å². The summed E-state index contributed by atoms with van der Waals surface area (Å²) in [6, 6.07) is 1.65. The smallest absolute Gasteiger partial charge is 0.313 e. The Morgan fingerprint density at radius 1 is 1.56 bits per heavy atom. The Balaban J connectivity index is 3.37. The van der Waals surface area contributed by atoms with Gasteiger partial charge in [0.05, 0.1) is 23.7 Å². The zero-order chi connectivity index (χ0) is 12.3. The summed E-state index contributed by atoms with van der Waals surface area (Å²) in [6.07, 6.45) is 0. The third-order valence-electron chi connectivity index (χ3n) is 1.94. The number of nitrogens with zero attached hydrogens (tertiary/aromatic N) is 1. The minimum Gasteiger partial charge on any atom is -0.490 e. The highest BCUT2D eigenvalue weighted by molar-refractivity contribution is 5.95. The summed E-state index contributed by atoms with van der Waals surface area (Å²) >= 11 is 0. The predicted octanol–water partition coefficient (Wildman–Crippen LogP) is 1.10. The normalized spacial score (nSPS) is 9.69. The third kappa shape index (κ3) is 2.08. The Morgan fingerprint density at radius 3 is 2.62 bits per heavy atom. The second kappa shape index (κ2) is 4.56. The van der Waals surface area contributed by atoms with E-state index in [9.17, 15) is 19.3 Å². The van der Waals surface area contributed by atoms with E-state index in [1.165, 1.54) is 14.2 Å². The number of nitro groups is 1. The molecule has 86 valence electrons. The lowest BCUT2D eigenvalue weighted by molar-refractivity contribution is -0.385. The molecule has 1 rings (SSSR count). The molecule has 1 aromatic carbocycles. The van der Waals surface area contributed by atoms with Gasteiger partial charge in [-0.05, 0) is 0 Å². The van der Waals surface area contributed by atoms with E-state index in [-0.39, 0.29) is 11.3 Å². The number of carbonyl (C=O) groups is 1. The maximum Gasteiger partial charge on any atom is 0.313 e. The number of carbonyl (C=O) groups excluding carboxylic acids is 1. The molecule has 0 saturated heterocycles. The Morgan fingerprint density at radius 2 is 2.19 bits per heavy atom. The van der Waals surface area contributed by atoms with Crippen LogP contribution in [0, 0.1) is 15.9 Å². The van der Waals surface area contributed by atoms with Gasteiger partial charge < -0.3 is 10.1 Å². The number of hydrogen-bond acceptors (Lipinski definition) is 4. The number of methoxy groups -OCH3 is 1. The third-order valence-corrected chi connectivity index (χ3v) is 1.94. The molecule has 6 nitrogen and oxygen atoms in total. The summed E-state index contributed by atoms with van der Waals surface area (Å²) in [4.78, 5) is 21.0. The lowest BCUT2D eigenvalue weighted by Gasteiger charge is -2.05. The first-order valence-electron chi connectivity index (χ1n) is 4.25. The molecule has 16 heavy (non-hydrogen) atoms. The van der Waals surface area contributed by atoms with E-state index >= 15 is 0 Å². The fraction of sp³-hybridized carbons (Fsp3) is 0.222. The molecule has 0 fully saturated rings. The summed E-state index contributed by atoms with van der Waals surface area (Å²) < 4.78 is 18.1. The van der Waals surface area contributed by atoms with Gasteiger partial charge >= 0.3 is 5.69 Å². The molecule has 1 N–H and O–H groups in total. The number of amides is 1. The van der Waals surface area contributed by atoms with Gasteiger partial charge in [0.2, 0.25) is 0 Å². The molecule has 0 aromatic heterocycles. The molecule has 0 radical (unpaired) electrons. The average molecular weight is 228 g/mol. The van der Waals surface area contributed by atoms with Crippen LogP contribution in [-0.4, -0.2) is 25.0 Å². The Bertz CT molecular complexity index is 447. The van der Waals surface area contributed by atoms with Crippen molar-refractivity contribution in [3.8, 4) is 5.75 Å². The number of halogens is 1. The molecule has 0 unspecified atom stereocenters. The fourth-order valence-electron chi connectivity index (χ4n) is 1.16. The van der Waals surface area contributed by atoms with Crippen molar-refractivity contribution < 1.29 is 18.8 Å².